The van der Waals surface area contributed by atoms with Gasteiger partial charge in [0.1, 0.15) is 36.0 Å². The van der Waals surface area contributed by atoms with Crippen molar-refractivity contribution in [3.63, 3.8) is 0 Å². The fourth-order valence-electron chi connectivity index (χ4n) is 7.26. The van der Waals surface area contributed by atoms with Crippen LogP contribution in [-0.2, 0) is 36.8 Å². The molecule has 16 nitrogen and oxygen atoms in total. The standard InChI is InChI=1S/C42H59N5O11S/c1-22(2)20-29(32(49)37(52)46-56)35(50)44-34(41(6,7)8)38(53)43-16-17-47(18-19-57-27-12-10-26(11-13-27)21-30-36(51)45-40(55)59-30)39(54)42(9)15-14-28-25(5)31(48)23(3)24(4)33(28)58-42/h10-13,22,29-30,32,34,48-49,56H,14-21H2,1-9H3,(H,43,53)(H,44,50)(H,46,52)(H,45,51,55)/t29?,30?,32?,34-,42?/m1/s1. The van der Waals surface area contributed by atoms with Gasteiger partial charge in [-0.2, -0.15) is 0 Å². The molecule has 7 N–H and O–H groups in total. The van der Waals surface area contributed by atoms with Crippen LogP contribution in [0.4, 0.5) is 4.79 Å². The van der Waals surface area contributed by atoms with E-state index in [9.17, 15) is 39.0 Å². The van der Waals surface area contributed by atoms with Crippen LogP contribution in [0.5, 0.6) is 17.2 Å². The summed E-state index contributed by atoms with van der Waals surface area (Å²) in [6, 6.07) is 6.00. The van der Waals surface area contributed by atoms with Gasteiger partial charge in [-0.25, -0.2) is 5.48 Å². The summed E-state index contributed by atoms with van der Waals surface area (Å²) in [4.78, 5) is 78.9. The highest BCUT2D eigenvalue weighted by Crippen LogP contribution is 2.43. The lowest BCUT2D eigenvalue weighted by molar-refractivity contribution is -0.149. The Morgan fingerprint density at radius 2 is 1.68 bits per heavy atom. The van der Waals surface area contributed by atoms with Crippen LogP contribution < -0.4 is 30.9 Å². The van der Waals surface area contributed by atoms with Gasteiger partial charge in [0.25, 0.3) is 17.1 Å². The lowest BCUT2D eigenvalue weighted by Crippen LogP contribution is -2.58. The summed E-state index contributed by atoms with van der Waals surface area (Å²) in [6.07, 6.45) is -0.564. The number of carbonyl (C=O) groups excluding carboxylic acids is 6. The minimum absolute atomic E-state index is 0.0142. The van der Waals surface area contributed by atoms with E-state index in [0.29, 0.717) is 41.9 Å². The predicted molar refractivity (Wildman–Crippen MR) is 220 cm³/mol. The van der Waals surface area contributed by atoms with Gasteiger partial charge in [-0.15, -0.1) is 0 Å². The molecule has 59 heavy (non-hydrogen) atoms. The normalized spacial score (nSPS) is 19.2. The highest BCUT2D eigenvalue weighted by Gasteiger charge is 2.44. The number of imide groups is 1. The van der Waals surface area contributed by atoms with Crippen LogP contribution in [0, 0.1) is 38.0 Å². The van der Waals surface area contributed by atoms with Crippen molar-refractivity contribution in [2.45, 2.75) is 111 Å². The summed E-state index contributed by atoms with van der Waals surface area (Å²) >= 11 is 0.957. The second kappa shape index (κ2) is 19.5. The maximum atomic E-state index is 14.5. The summed E-state index contributed by atoms with van der Waals surface area (Å²) < 4.78 is 12.5. The molecule has 0 aliphatic carbocycles. The number of nitrogens with zero attached hydrogens (tertiary/aromatic N) is 1. The van der Waals surface area contributed by atoms with Gasteiger partial charge in [-0.1, -0.05) is 58.5 Å². The second-order valence-corrected chi connectivity index (χ2v) is 18.2. The third kappa shape index (κ3) is 11.5. The molecule has 6 amide bonds. The number of hydroxylamine groups is 1. The van der Waals surface area contributed by atoms with Gasteiger partial charge < -0.3 is 35.2 Å². The van der Waals surface area contributed by atoms with Gasteiger partial charge in [0.05, 0.1) is 17.7 Å². The Morgan fingerprint density at radius 1 is 1.02 bits per heavy atom. The molecule has 0 bridgehead atoms. The molecule has 2 aliphatic heterocycles. The summed E-state index contributed by atoms with van der Waals surface area (Å²) in [5.74, 6) is -3.16. The van der Waals surface area contributed by atoms with Gasteiger partial charge in [-0.05, 0) is 92.7 Å². The number of phenolic OH excluding ortho intramolecular Hbond substituents is 1. The van der Waals surface area contributed by atoms with Crippen molar-refractivity contribution in [1.82, 2.24) is 26.3 Å². The van der Waals surface area contributed by atoms with E-state index < -0.39 is 52.1 Å². The number of nitrogens with one attached hydrogen (secondary N) is 4. The monoisotopic (exact) mass is 841 g/mol. The Balaban J connectivity index is 1.50. The summed E-state index contributed by atoms with van der Waals surface area (Å²) in [5, 5.41) is 37.3. The minimum atomic E-state index is -1.85. The molecular weight excluding hydrogens is 783 g/mol. The molecule has 0 aromatic heterocycles. The van der Waals surface area contributed by atoms with Crippen LogP contribution in [0.25, 0.3) is 0 Å². The molecule has 0 saturated carbocycles. The van der Waals surface area contributed by atoms with E-state index in [2.05, 4.69) is 16.0 Å². The van der Waals surface area contributed by atoms with Gasteiger partial charge in [0.2, 0.25) is 17.7 Å². The van der Waals surface area contributed by atoms with Crippen molar-refractivity contribution >= 4 is 46.5 Å². The quantitative estimate of drug-likeness (QED) is 0.0898. The number of phenols is 1. The molecule has 1 fully saturated rings. The van der Waals surface area contributed by atoms with Crippen LogP contribution >= 0.6 is 11.8 Å². The molecule has 5 atom stereocenters. The number of aliphatic hydroxyl groups excluding tert-OH is 1. The molecule has 324 valence electrons. The fraction of sp³-hybridized carbons (Fsp3) is 0.571. The van der Waals surface area contributed by atoms with Gasteiger partial charge in [0.15, 0.2) is 5.60 Å². The SMILES string of the molecule is Cc1c(C)c2c(c(C)c1O)CCC(C)(C(=O)N(CCNC(=O)[C@@H](NC(=O)C(CC(C)C)C(O)C(=O)NO)C(C)(C)C)CCOc1ccc(CC3SC(=O)NC3=O)cc1)O2. The van der Waals surface area contributed by atoms with E-state index in [0.717, 1.165) is 28.5 Å². The van der Waals surface area contributed by atoms with Gasteiger partial charge in [-0.3, -0.25) is 39.3 Å². The zero-order valence-electron chi connectivity index (χ0n) is 35.3. The second-order valence-electron chi connectivity index (χ2n) is 17.0. The van der Waals surface area contributed by atoms with Crippen LogP contribution in [0.3, 0.4) is 0 Å². The third-order valence-corrected chi connectivity index (χ3v) is 11.9. The Bertz CT molecular complexity index is 1920. The number of ether oxygens (including phenoxy) is 2. The first-order valence-corrected chi connectivity index (χ1v) is 20.7. The summed E-state index contributed by atoms with van der Waals surface area (Å²) in [7, 11) is 0. The van der Waals surface area contributed by atoms with E-state index in [1.807, 2.05) is 27.7 Å². The summed E-state index contributed by atoms with van der Waals surface area (Å²) in [5.41, 5.74) is 3.07. The number of thioether (sulfide) groups is 1. The number of hydrogen-bond donors (Lipinski definition) is 7. The first-order chi connectivity index (χ1) is 27.6. The number of amides is 6. The van der Waals surface area contributed by atoms with Crippen LogP contribution in [0.1, 0.15) is 82.2 Å². The van der Waals surface area contributed by atoms with E-state index in [1.165, 1.54) is 5.48 Å². The molecule has 4 rings (SSSR count). The number of carbonyl (C=O) groups is 6. The first-order valence-electron chi connectivity index (χ1n) is 19.8. The number of benzene rings is 2. The minimum Gasteiger partial charge on any atom is -0.507 e. The molecule has 0 radical (unpaired) electrons. The van der Waals surface area contributed by atoms with Crippen molar-refractivity contribution in [2.75, 3.05) is 26.2 Å². The average molecular weight is 842 g/mol. The zero-order valence-corrected chi connectivity index (χ0v) is 36.1. The molecule has 17 heteroatoms. The third-order valence-electron chi connectivity index (χ3n) is 10.9. The Morgan fingerprint density at radius 3 is 2.25 bits per heavy atom. The number of aromatic hydroxyl groups is 1. The van der Waals surface area contributed by atoms with Crippen molar-refractivity contribution in [1.29, 1.82) is 0 Å². The van der Waals surface area contributed by atoms with E-state index in [1.54, 1.807) is 63.8 Å². The molecular formula is C42H59N5O11S. The first kappa shape index (κ1) is 46.8. The Kier molecular flexibility index (Phi) is 15.4. The molecule has 2 aliphatic rings. The van der Waals surface area contributed by atoms with Crippen molar-refractivity contribution in [3.05, 3.63) is 52.1 Å². The average Bonchev–Trinajstić information content (AvgIpc) is 3.50. The number of fused-ring (bicyclic) bond motifs is 1. The van der Waals surface area contributed by atoms with Crippen LogP contribution in [0.15, 0.2) is 24.3 Å². The van der Waals surface area contributed by atoms with Crippen molar-refractivity contribution < 1.29 is 53.7 Å². The highest BCUT2D eigenvalue weighted by atomic mass is 32.2. The highest BCUT2D eigenvalue weighted by molar-refractivity contribution is 8.15. The van der Waals surface area contributed by atoms with Crippen molar-refractivity contribution in [3.8, 4) is 17.2 Å². The molecule has 2 aromatic carbocycles. The van der Waals surface area contributed by atoms with Crippen molar-refractivity contribution in [2.24, 2.45) is 17.3 Å². The van der Waals surface area contributed by atoms with E-state index in [4.69, 9.17) is 14.7 Å². The Labute approximate surface area is 349 Å². The molecule has 4 unspecified atom stereocenters. The summed E-state index contributed by atoms with van der Waals surface area (Å²) in [6.45, 7) is 16.3. The van der Waals surface area contributed by atoms with Gasteiger partial charge >= 0.3 is 0 Å². The maximum absolute atomic E-state index is 14.5. The molecule has 2 aromatic rings. The lowest BCUT2D eigenvalue weighted by atomic mass is 9.84. The van der Waals surface area contributed by atoms with Crippen LogP contribution in [0.2, 0.25) is 0 Å². The molecule has 0 spiro atoms. The number of hydrogen-bond acceptors (Lipinski definition) is 12. The Hall–Kier alpha value is -4.87. The smallest absolute Gasteiger partial charge is 0.286 e. The van der Waals surface area contributed by atoms with E-state index in [-0.39, 0.29) is 61.4 Å². The maximum Gasteiger partial charge on any atom is 0.286 e. The van der Waals surface area contributed by atoms with E-state index >= 15 is 0 Å². The molecule has 2 heterocycles. The number of aliphatic hydroxyl groups is 1. The zero-order chi connectivity index (χ0) is 44.0. The molecule has 1 saturated heterocycles. The largest absolute Gasteiger partial charge is 0.507 e. The fourth-order valence-corrected chi connectivity index (χ4v) is 8.12. The lowest BCUT2D eigenvalue weighted by Gasteiger charge is -2.40. The predicted octanol–water partition coefficient (Wildman–Crippen LogP) is 3.38. The topological polar surface area (TPSA) is 233 Å². The number of rotatable bonds is 17. The van der Waals surface area contributed by atoms with Crippen LogP contribution in [-0.4, -0.2) is 104 Å². The van der Waals surface area contributed by atoms with Gasteiger partial charge in [0, 0.05) is 25.1 Å².